The number of Topliss-reactive ketones (excluding diaryl/α,β-unsaturated/α-hetero) is 1. The van der Waals surface area contributed by atoms with Crippen LogP contribution in [0.4, 0.5) is 4.39 Å². The van der Waals surface area contributed by atoms with Gasteiger partial charge in [-0.15, -0.1) is 0 Å². The van der Waals surface area contributed by atoms with Gasteiger partial charge in [0.25, 0.3) is 0 Å². The molecule has 31 heavy (non-hydrogen) atoms. The first kappa shape index (κ1) is 20.9. The SMILES string of the molecule is Cc1ccc(-c2cc(C(=O)CC(C)C)cc(C3=NOC(c4ccccn4)C3)c2)c(F)c1. The van der Waals surface area contributed by atoms with Gasteiger partial charge in [-0.2, -0.15) is 0 Å². The van der Waals surface area contributed by atoms with E-state index in [0.29, 0.717) is 29.5 Å². The highest BCUT2D eigenvalue weighted by molar-refractivity contribution is 6.05. The quantitative estimate of drug-likeness (QED) is 0.444. The summed E-state index contributed by atoms with van der Waals surface area (Å²) in [5.41, 5.74) is 4.83. The number of benzene rings is 2. The zero-order valence-electron chi connectivity index (χ0n) is 17.9. The minimum Gasteiger partial charge on any atom is -0.385 e. The largest absolute Gasteiger partial charge is 0.385 e. The van der Waals surface area contributed by atoms with Crippen molar-refractivity contribution in [1.82, 2.24) is 4.98 Å². The molecule has 2 heterocycles. The van der Waals surface area contributed by atoms with Crippen LogP contribution in [0, 0.1) is 18.7 Å². The van der Waals surface area contributed by atoms with Gasteiger partial charge in [-0.25, -0.2) is 4.39 Å². The Kier molecular flexibility index (Phi) is 5.94. The summed E-state index contributed by atoms with van der Waals surface area (Å²) in [4.78, 5) is 22.8. The van der Waals surface area contributed by atoms with Crippen molar-refractivity contribution in [3.05, 3.63) is 89.0 Å². The van der Waals surface area contributed by atoms with Crippen molar-refractivity contribution in [3.63, 3.8) is 0 Å². The monoisotopic (exact) mass is 416 g/mol. The lowest BCUT2D eigenvalue weighted by molar-refractivity contribution is 0.0826. The van der Waals surface area contributed by atoms with Crippen LogP contribution in [-0.2, 0) is 4.84 Å². The molecule has 1 atom stereocenters. The van der Waals surface area contributed by atoms with Gasteiger partial charge in [-0.1, -0.05) is 37.2 Å². The summed E-state index contributed by atoms with van der Waals surface area (Å²) in [7, 11) is 0. The summed E-state index contributed by atoms with van der Waals surface area (Å²) >= 11 is 0. The summed E-state index contributed by atoms with van der Waals surface area (Å²) < 4.78 is 14.7. The predicted octanol–water partition coefficient (Wildman–Crippen LogP) is 6.29. The van der Waals surface area contributed by atoms with Crippen LogP contribution in [0.2, 0.25) is 0 Å². The fraction of sp³-hybridized carbons (Fsp3) is 0.269. The van der Waals surface area contributed by atoms with E-state index in [9.17, 15) is 9.18 Å². The third-order valence-corrected chi connectivity index (χ3v) is 5.30. The smallest absolute Gasteiger partial charge is 0.174 e. The molecule has 0 fully saturated rings. The van der Waals surface area contributed by atoms with E-state index < -0.39 is 0 Å². The fourth-order valence-electron chi connectivity index (χ4n) is 3.73. The molecule has 0 aliphatic carbocycles. The van der Waals surface area contributed by atoms with Crippen molar-refractivity contribution in [3.8, 4) is 11.1 Å². The van der Waals surface area contributed by atoms with Crippen molar-refractivity contribution in [1.29, 1.82) is 0 Å². The second kappa shape index (κ2) is 8.80. The number of hydrogen-bond acceptors (Lipinski definition) is 4. The van der Waals surface area contributed by atoms with Crippen LogP contribution < -0.4 is 0 Å². The Labute approximate surface area is 181 Å². The summed E-state index contributed by atoms with van der Waals surface area (Å²) in [6.45, 7) is 5.87. The Bertz CT molecular complexity index is 1140. The highest BCUT2D eigenvalue weighted by Crippen LogP contribution is 2.32. The minimum atomic E-state index is -0.310. The normalized spacial score (nSPS) is 15.6. The van der Waals surface area contributed by atoms with Crippen molar-refractivity contribution < 1.29 is 14.0 Å². The third-order valence-electron chi connectivity index (χ3n) is 5.30. The summed E-state index contributed by atoms with van der Waals surface area (Å²) in [5.74, 6) is -0.0433. The molecular weight excluding hydrogens is 391 g/mol. The molecule has 0 N–H and O–H groups in total. The zero-order valence-corrected chi connectivity index (χ0v) is 17.9. The number of oxime groups is 1. The van der Waals surface area contributed by atoms with E-state index in [0.717, 1.165) is 22.5 Å². The van der Waals surface area contributed by atoms with Crippen LogP contribution in [0.3, 0.4) is 0 Å². The van der Waals surface area contributed by atoms with E-state index in [2.05, 4.69) is 10.1 Å². The van der Waals surface area contributed by atoms with Crippen LogP contribution in [0.1, 0.15) is 60.0 Å². The Hall–Kier alpha value is -3.34. The van der Waals surface area contributed by atoms with Crippen molar-refractivity contribution in [2.75, 3.05) is 0 Å². The van der Waals surface area contributed by atoms with Crippen LogP contribution in [0.25, 0.3) is 11.1 Å². The maximum absolute atomic E-state index is 14.7. The standard InChI is InChI=1S/C26H25FN2O2/c1-16(2)10-25(30)20-13-18(21-8-7-17(3)11-22(21)27)12-19(14-20)24-15-26(31-29-24)23-6-4-5-9-28-23/h4-9,11-14,16,26H,10,15H2,1-3H3. The zero-order chi connectivity index (χ0) is 22.0. The first-order valence-corrected chi connectivity index (χ1v) is 10.5. The Morgan fingerprint density at radius 2 is 1.94 bits per heavy atom. The van der Waals surface area contributed by atoms with Gasteiger partial charge in [0.2, 0.25) is 0 Å². The number of aromatic nitrogens is 1. The molecule has 5 heteroatoms. The second-order valence-electron chi connectivity index (χ2n) is 8.39. The van der Waals surface area contributed by atoms with Gasteiger partial charge in [0, 0.05) is 35.7 Å². The maximum Gasteiger partial charge on any atom is 0.174 e. The number of nitrogens with zero attached hydrogens (tertiary/aromatic N) is 2. The first-order valence-electron chi connectivity index (χ1n) is 10.5. The van der Waals surface area contributed by atoms with Crippen molar-refractivity contribution in [2.45, 2.75) is 39.7 Å². The number of aryl methyl sites for hydroxylation is 1. The summed E-state index contributed by atoms with van der Waals surface area (Å²) in [6.07, 6.45) is 2.42. The van der Waals surface area contributed by atoms with Gasteiger partial charge in [-0.3, -0.25) is 9.78 Å². The molecule has 0 saturated carbocycles. The molecule has 3 aromatic rings. The van der Waals surface area contributed by atoms with Crippen LogP contribution >= 0.6 is 0 Å². The van der Waals surface area contributed by atoms with Crippen LogP contribution in [0.15, 0.2) is 65.9 Å². The topological polar surface area (TPSA) is 51.5 Å². The molecule has 0 bridgehead atoms. The predicted molar refractivity (Wildman–Crippen MR) is 120 cm³/mol. The van der Waals surface area contributed by atoms with E-state index in [4.69, 9.17) is 4.84 Å². The molecular formula is C26H25FN2O2. The molecule has 1 unspecified atom stereocenters. The van der Waals surface area contributed by atoms with E-state index in [1.165, 1.54) is 6.07 Å². The Morgan fingerprint density at radius 3 is 2.65 bits per heavy atom. The van der Waals surface area contributed by atoms with Crippen LogP contribution in [-0.4, -0.2) is 16.5 Å². The van der Waals surface area contributed by atoms with E-state index in [-0.39, 0.29) is 23.6 Å². The molecule has 158 valence electrons. The molecule has 1 aliphatic heterocycles. The van der Waals surface area contributed by atoms with Gasteiger partial charge < -0.3 is 4.84 Å². The summed E-state index contributed by atoms with van der Waals surface area (Å²) in [5, 5.41) is 4.27. The summed E-state index contributed by atoms with van der Waals surface area (Å²) in [6, 6.07) is 16.3. The Morgan fingerprint density at radius 1 is 1.13 bits per heavy atom. The van der Waals surface area contributed by atoms with Gasteiger partial charge in [0.1, 0.15) is 5.82 Å². The molecule has 0 radical (unpaired) electrons. The van der Waals surface area contributed by atoms with Gasteiger partial charge >= 0.3 is 0 Å². The highest BCUT2D eigenvalue weighted by Gasteiger charge is 2.26. The molecule has 0 spiro atoms. The number of halogens is 1. The lowest BCUT2D eigenvalue weighted by Crippen LogP contribution is -2.08. The van der Waals surface area contributed by atoms with E-state index >= 15 is 0 Å². The molecule has 4 nitrogen and oxygen atoms in total. The van der Waals surface area contributed by atoms with Crippen molar-refractivity contribution in [2.24, 2.45) is 11.1 Å². The van der Waals surface area contributed by atoms with E-state index in [1.807, 2.05) is 57.2 Å². The molecule has 4 rings (SSSR count). The highest BCUT2D eigenvalue weighted by atomic mass is 19.1. The second-order valence-corrected chi connectivity index (χ2v) is 8.39. The minimum absolute atomic E-state index is 0.0337. The number of hydrogen-bond donors (Lipinski definition) is 0. The van der Waals surface area contributed by atoms with E-state index in [1.54, 1.807) is 18.3 Å². The van der Waals surface area contributed by atoms with Gasteiger partial charge in [0.05, 0.1) is 11.4 Å². The molecule has 0 amide bonds. The average molecular weight is 416 g/mol. The first-order chi connectivity index (χ1) is 14.9. The van der Waals surface area contributed by atoms with Crippen molar-refractivity contribution >= 4 is 11.5 Å². The lowest BCUT2D eigenvalue weighted by atomic mass is 9.92. The maximum atomic E-state index is 14.7. The fourth-order valence-corrected chi connectivity index (χ4v) is 3.73. The average Bonchev–Trinajstić information content (AvgIpc) is 3.24. The number of carbonyl (C=O) groups is 1. The Balaban J connectivity index is 1.72. The third kappa shape index (κ3) is 4.71. The molecule has 2 aromatic carbocycles. The van der Waals surface area contributed by atoms with Crippen LogP contribution in [0.5, 0.6) is 0 Å². The number of carbonyl (C=O) groups excluding carboxylic acids is 1. The lowest BCUT2D eigenvalue weighted by Gasteiger charge is -2.12. The van der Waals surface area contributed by atoms with Gasteiger partial charge in [-0.05, 0) is 60.4 Å². The van der Waals surface area contributed by atoms with Gasteiger partial charge in [0.15, 0.2) is 11.9 Å². The number of ketones is 1. The molecule has 1 aliphatic rings. The molecule has 1 aromatic heterocycles. The number of rotatable bonds is 6. The number of pyridine rings is 1. The molecule has 0 saturated heterocycles.